The monoisotopic (exact) mass is 574 g/mol. The molecule has 5 rings (SSSR count). The molecule has 2 aliphatic carbocycles. The van der Waals surface area contributed by atoms with E-state index in [1.807, 2.05) is 48.6 Å². The number of amides is 1. The Morgan fingerprint density at radius 3 is 2.50 bits per heavy atom. The third-order valence-electron chi connectivity index (χ3n) is 7.64. The van der Waals surface area contributed by atoms with Gasteiger partial charge in [-0.25, -0.2) is 4.39 Å². The molecule has 0 spiro atoms. The molecule has 3 aromatic rings. The van der Waals surface area contributed by atoms with Crippen LogP contribution in [0.1, 0.15) is 51.4 Å². The van der Waals surface area contributed by atoms with E-state index < -0.39 is 23.2 Å². The lowest BCUT2D eigenvalue weighted by atomic mass is 9.98. The molecule has 0 heterocycles. The summed E-state index contributed by atoms with van der Waals surface area (Å²) in [6.07, 6.45) is 5.12. The Labute approximate surface area is 241 Å². The predicted molar refractivity (Wildman–Crippen MR) is 154 cm³/mol. The molecule has 8 heteroatoms. The van der Waals surface area contributed by atoms with E-state index in [1.165, 1.54) is 18.2 Å². The minimum Gasteiger partial charge on any atom is -0.339 e. The molecule has 1 saturated carbocycles. The zero-order valence-electron chi connectivity index (χ0n) is 22.7. The average molecular weight is 575 g/mol. The Kier molecular flexibility index (Phi) is 8.54. The minimum atomic E-state index is -4.45. The number of halogens is 4. The second kappa shape index (κ2) is 12.3. The second-order valence-electron chi connectivity index (χ2n) is 10.6. The number of ketones is 1. The molecule has 3 atom stereocenters. The average Bonchev–Trinajstić information content (AvgIpc) is 3.72. The second-order valence-corrected chi connectivity index (χ2v) is 10.6. The van der Waals surface area contributed by atoms with Gasteiger partial charge in [-0.05, 0) is 65.8 Å². The van der Waals surface area contributed by atoms with Crippen LogP contribution in [0.4, 0.5) is 17.6 Å². The Morgan fingerprint density at radius 2 is 1.76 bits per heavy atom. The van der Waals surface area contributed by atoms with Gasteiger partial charge in [0.05, 0.1) is 12.1 Å². The molecule has 216 valence electrons. The number of Topliss-reactive ketones (excluding diaryl/α,β-unsaturated/α-hetero) is 1. The van der Waals surface area contributed by atoms with E-state index >= 15 is 0 Å². The van der Waals surface area contributed by atoms with E-state index in [9.17, 15) is 27.2 Å². The van der Waals surface area contributed by atoms with Crippen LogP contribution in [0.3, 0.4) is 0 Å². The first-order valence-corrected chi connectivity index (χ1v) is 13.7. The molecular weight excluding hydrogens is 544 g/mol. The first kappa shape index (κ1) is 29.2. The fourth-order valence-electron chi connectivity index (χ4n) is 5.25. The summed E-state index contributed by atoms with van der Waals surface area (Å²) in [5, 5.41) is 5.95. The number of alkyl halides is 3. The molecular formula is C34H30F4N2O2. The highest BCUT2D eigenvalue weighted by Crippen LogP contribution is 2.52. The number of rotatable bonds is 10. The lowest BCUT2D eigenvalue weighted by Crippen LogP contribution is -2.48. The number of benzene rings is 3. The smallest absolute Gasteiger partial charge is 0.339 e. The molecule has 2 N–H and O–H groups in total. The molecule has 0 aliphatic heterocycles. The summed E-state index contributed by atoms with van der Waals surface area (Å²) in [6, 6.07) is 21.4. The summed E-state index contributed by atoms with van der Waals surface area (Å²) in [5.41, 5.74) is 0.637. The highest BCUT2D eigenvalue weighted by molar-refractivity contribution is 6.03. The van der Waals surface area contributed by atoms with Crippen molar-refractivity contribution in [1.82, 2.24) is 10.6 Å². The number of nitrogens with one attached hydrogen (secondary N) is 2. The Morgan fingerprint density at radius 1 is 0.976 bits per heavy atom. The highest BCUT2D eigenvalue weighted by atomic mass is 19.4. The molecule has 0 aromatic heterocycles. The quantitative estimate of drug-likeness (QED) is 0.253. The van der Waals surface area contributed by atoms with E-state index in [4.69, 9.17) is 0 Å². The number of hydrogen-bond donors (Lipinski definition) is 2. The van der Waals surface area contributed by atoms with Crippen LogP contribution in [-0.2, 0) is 17.5 Å². The molecule has 0 radical (unpaired) electrons. The summed E-state index contributed by atoms with van der Waals surface area (Å²) in [7, 11) is 0. The summed E-state index contributed by atoms with van der Waals surface area (Å²) in [6.45, 7) is -0.0464. The molecule has 1 amide bonds. The lowest BCUT2D eigenvalue weighted by Gasteiger charge is -2.20. The van der Waals surface area contributed by atoms with Gasteiger partial charge in [-0.15, -0.1) is 0 Å². The topological polar surface area (TPSA) is 58.2 Å². The van der Waals surface area contributed by atoms with Gasteiger partial charge in [-0.2, -0.15) is 13.2 Å². The fraction of sp³-hybridized carbons (Fsp3) is 0.235. The zero-order valence-corrected chi connectivity index (χ0v) is 22.7. The van der Waals surface area contributed by atoms with Gasteiger partial charge >= 0.3 is 6.18 Å². The van der Waals surface area contributed by atoms with Crippen molar-refractivity contribution in [3.63, 3.8) is 0 Å². The molecule has 4 nitrogen and oxygen atoms in total. The van der Waals surface area contributed by atoms with Crippen molar-refractivity contribution in [2.75, 3.05) is 6.54 Å². The van der Waals surface area contributed by atoms with Crippen LogP contribution in [0, 0.1) is 5.92 Å². The molecule has 2 aliphatic rings. The third-order valence-corrected chi connectivity index (χ3v) is 7.64. The van der Waals surface area contributed by atoms with Gasteiger partial charge in [0, 0.05) is 18.0 Å². The van der Waals surface area contributed by atoms with E-state index in [2.05, 4.69) is 10.6 Å². The number of allylic oxidation sites excluding steroid dienone is 5. The normalized spacial score (nSPS) is 21.7. The third kappa shape index (κ3) is 6.94. The molecule has 1 fully saturated rings. The van der Waals surface area contributed by atoms with Gasteiger partial charge in [-0.1, -0.05) is 78.9 Å². The maximum absolute atomic E-state index is 13.6. The van der Waals surface area contributed by atoms with Gasteiger partial charge in [0.2, 0.25) is 0 Å². The Balaban J connectivity index is 1.28. The first-order chi connectivity index (χ1) is 20.1. The van der Waals surface area contributed by atoms with Gasteiger partial charge < -0.3 is 10.6 Å². The first-order valence-electron chi connectivity index (χ1n) is 13.7. The summed E-state index contributed by atoms with van der Waals surface area (Å²) in [4.78, 5) is 27.0. The van der Waals surface area contributed by atoms with Gasteiger partial charge in [0.25, 0.3) is 5.91 Å². The van der Waals surface area contributed by atoms with Crippen molar-refractivity contribution in [3.8, 4) is 0 Å². The summed E-state index contributed by atoms with van der Waals surface area (Å²) in [5.74, 6) is -1.04. The van der Waals surface area contributed by atoms with E-state index in [0.29, 0.717) is 24.0 Å². The van der Waals surface area contributed by atoms with Crippen molar-refractivity contribution < 1.29 is 27.2 Å². The van der Waals surface area contributed by atoms with E-state index in [1.54, 1.807) is 30.3 Å². The molecule has 42 heavy (non-hydrogen) atoms. The predicted octanol–water partition coefficient (Wildman–Crippen LogP) is 7.16. The van der Waals surface area contributed by atoms with E-state index in [-0.39, 0.29) is 36.5 Å². The largest absolute Gasteiger partial charge is 0.416 e. The van der Waals surface area contributed by atoms with Gasteiger partial charge in [0.1, 0.15) is 11.4 Å². The minimum absolute atomic E-state index is 0.0596. The molecule has 1 unspecified atom stereocenters. The van der Waals surface area contributed by atoms with Crippen LogP contribution in [0.15, 0.2) is 109 Å². The number of carbonyl (C=O) groups excluding carboxylic acids is 2. The number of hydrogen-bond acceptors (Lipinski definition) is 3. The van der Waals surface area contributed by atoms with Crippen LogP contribution in [0.2, 0.25) is 0 Å². The van der Waals surface area contributed by atoms with Crippen molar-refractivity contribution in [2.24, 2.45) is 5.92 Å². The van der Waals surface area contributed by atoms with E-state index in [0.717, 1.165) is 23.3 Å². The Hall–Kier alpha value is -4.30. The SMILES string of the molecule is O=C(N[C@]1(C(=O)CNCc2cccc(C(F)(F)F)c2)C[C@H]1c1ccccc1)c1cccc(/C=C/C2C=CC(F)=CC2)c1. The van der Waals surface area contributed by atoms with Crippen molar-refractivity contribution >= 4 is 17.8 Å². The van der Waals surface area contributed by atoms with Crippen molar-refractivity contribution in [1.29, 1.82) is 0 Å². The van der Waals surface area contributed by atoms with Gasteiger partial charge in [0.15, 0.2) is 5.78 Å². The van der Waals surface area contributed by atoms with Crippen LogP contribution < -0.4 is 10.6 Å². The standard InChI is InChI=1S/C34H30F4N2O2/c35-29-16-14-23(15-17-29)12-13-24-6-4-10-27(18-24)32(42)40-33(20-30(33)26-8-2-1-3-9-26)31(41)22-39-21-25-7-5-11-28(19-25)34(36,37)38/h1-14,16-19,23,30,39H,15,20-22H2,(H,40,42)/b13-12+/t23?,30-,33+/m0/s1. The Bertz CT molecular complexity index is 1540. The summed E-state index contributed by atoms with van der Waals surface area (Å²) < 4.78 is 52.5. The molecule has 3 aromatic carbocycles. The fourth-order valence-corrected chi connectivity index (χ4v) is 5.25. The lowest BCUT2D eigenvalue weighted by molar-refractivity contribution is -0.137. The van der Waals surface area contributed by atoms with Crippen LogP contribution in [-0.4, -0.2) is 23.8 Å². The van der Waals surface area contributed by atoms with Crippen LogP contribution >= 0.6 is 0 Å². The number of carbonyl (C=O) groups is 2. The summed E-state index contributed by atoms with van der Waals surface area (Å²) >= 11 is 0. The zero-order chi connectivity index (χ0) is 29.7. The maximum Gasteiger partial charge on any atom is 0.416 e. The maximum atomic E-state index is 13.6. The van der Waals surface area contributed by atoms with Gasteiger partial charge in [-0.3, -0.25) is 9.59 Å². The van der Waals surface area contributed by atoms with Crippen molar-refractivity contribution in [2.45, 2.75) is 37.0 Å². The van der Waals surface area contributed by atoms with Crippen molar-refractivity contribution in [3.05, 3.63) is 137 Å². The van der Waals surface area contributed by atoms with Crippen LogP contribution in [0.25, 0.3) is 6.08 Å². The molecule has 0 saturated heterocycles. The highest BCUT2D eigenvalue weighted by Gasteiger charge is 2.60. The van der Waals surface area contributed by atoms with Crippen LogP contribution in [0.5, 0.6) is 0 Å². The molecule has 0 bridgehead atoms.